The molecule has 2 amide bonds. The zero-order chi connectivity index (χ0) is 13.8. The predicted octanol–water partition coefficient (Wildman–Crippen LogP) is 0.412. The van der Waals surface area contributed by atoms with Crippen LogP contribution in [0, 0.1) is 5.92 Å². The summed E-state index contributed by atoms with van der Waals surface area (Å²) >= 11 is 1.66. The minimum Gasteiger partial charge on any atom is -0.351 e. The van der Waals surface area contributed by atoms with Crippen molar-refractivity contribution in [3.8, 4) is 0 Å². The van der Waals surface area contributed by atoms with E-state index in [1.165, 1.54) is 0 Å². The van der Waals surface area contributed by atoms with Crippen LogP contribution < -0.4 is 10.6 Å². The first-order valence-electron chi connectivity index (χ1n) is 7.01. The average molecular weight is 285 g/mol. The van der Waals surface area contributed by atoms with Crippen molar-refractivity contribution < 1.29 is 9.59 Å². The SMILES string of the molecule is CCC(=O)N1CSCC1C(=O)NC1CCNCC1C. The molecule has 0 spiro atoms. The van der Waals surface area contributed by atoms with Gasteiger partial charge in [-0.05, 0) is 25.4 Å². The molecular weight excluding hydrogens is 262 g/mol. The Labute approximate surface area is 118 Å². The number of hydrogen-bond acceptors (Lipinski definition) is 4. The average Bonchev–Trinajstić information content (AvgIpc) is 2.90. The minimum atomic E-state index is -0.278. The molecule has 0 bridgehead atoms. The van der Waals surface area contributed by atoms with Gasteiger partial charge < -0.3 is 15.5 Å². The molecule has 0 radical (unpaired) electrons. The fourth-order valence-corrected chi connectivity index (χ4v) is 3.80. The smallest absolute Gasteiger partial charge is 0.243 e. The Morgan fingerprint density at radius 3 is 2.95 bits per heavy atom. The molecule has 0 saturated carbocycles. The van der Waals surface area contributed by atoms with Gasteiger partial charge in [-0.1, -0.05) is 13.8 Å². The van der Waals surface area contributed by atoms with E-state index in [9.17, 15) is 9.59 Å². The molecule has 2 aliphatic rings. The van der Waals surface area contributed by atoms with Crippen molar-refractivity contribution in [2.45, 2.75) is 38.8 Å². The van der Waals surface area contributed by atoms with Gasteiger partial charge in [-0.15, -0.1) is 11.8 Å². The van der Waals surface area contributed by atoms with Gasteiger partial charge in [-0.25, -0.2) is 0 Å². The summed E-state index contributed by atoms with van der Waals surface area (Å²) in [6.45, 7) is 5.89. The lowest BCUT2D eigenvalue weighted by Crippen LogP contribution is -2.54. The fourth-order valence-electron chi connectivity index (χ4n) is 2.62. The summed E-state index contributed by atoms with van der Waals surface area (Å²) in [6, 6.07) is -0.0440. The number of carbonyl (C=O) groups is 2. The van der Waals surface area contributed by atoms with Gasteiger partial charge in [0.25, 0.3) is 0 Å². The molecule has 2 N–H and O–H groups in total. The third-order valence-corrected chi connectivity index (χ3v) is 4.93. The van der Waals surface area contributed by atoms with Crippen molar-refractivity contribution in [1.82, 2.24) is 15.5 Å². The Bertz CT molecular complexity index is 351. The van der Waals surface area contributed by atoms with Gasteiger partial charge in [0.05, 0.1) is 5.88 Å². The number of rotatable bonds is 3. The van der Waals surface area contributed by atoms with Crippen LogP contribution in [0.25, 0.3) is 0 Å². The summed E-state index contributed by atoms with van der Waals surface area (Å²) in [6.07, 6.45) is 1.43. The molecule has 0 aliphatic carbocycles. The number of nitrogens with one attached hydrogen (secondary N) is 2. The maximum atomic E-state index is 12.4. The monoisotopic (exact) mass is 285 g/mol. The third kappa shape index (κ3) is 3.42. The second-order valence-electron chi connectivity index (χ2n) is 5.32. The van der Waals surface area contributed by atoms with Gasteiger partial charge in [0.2, 0.25) is 11.8 Å². The number of thioether (sulfide) groups is 1. The fraction of sp³-hybridized carbons (Fsp3) is 0.846. The van der Waals surface area contributed by atoms with Crippen LogP contribution in [0.1, 0.15) is 26.7 Å². The summed E-state index contributed by atoms with van der Waals surface area (Å²) in [4.78, 5) is 25.9. The molecule has 108 valence electrons. The van der Waals surface area contributed by atoms with Gasteiger partial charge in [0.15, 0.2) is 0 Å². The first-order valence-corrected chi connectivity index (χ1v) is 8.17. The normalized spacial score (nSPS) is 31.3. The van der Waals surface area contributed by atoms with Gasteiger partial charge in [-0.2, -0.15) is 0 Å². The number of nitrogens with zero attached hydrogens (tertiary/aromatic N) is 1. The molecule has 2 fully saturated rings. The summed E-state index contributed by atoms with van der Waals surface area (Å²) in [7, 11) is 0. The van der Waals surface area contributed by atoms with Crippen LogP contribution in [0.3, 0.4) is 0 Å². The van der Waals surface area contributed by atoms with E-state index in [0.717, 1.165) is 25.3 Å². The Morgan fingerprint density at radius 1 is 1.47 bits per heavy atom. The minimum absolute atomic E-state index is 0.0190. The number of piperidine rings is 1. The van der Waals surface area contributed by atoms with E-state index in [-0.39, 0.29) is 23.9 Å². The van der Waals surface area contributed by atoms with Crippen LogP contribution >= 0.6 is 11.8 Å². The number of hydrogen-bond donors (Lipinski definition) is 2. The number of carbonyl (C=O) groups excluding carboxylic acids is 2. The van der Waals surface area contributed by atoms with E-state index in [4.69, 9.17) is 0 Å². The molecule has 2 aliphatic heterocycles. The molecule has 0 aromatic heterocycles. The van der Waals surface area contributed by atoms with Crippen LogP contribution in [0.5, 0.6) is 0 Å². The van der Waals surface area contributed by atoms with Crippen LogP contribution in [-0.4, -0.2) is 53.5 Å². The highest BCUT2D eigenvalue weighted by Gasteiger charge is 2.35. The molecule has 2 heterocycles. The van der Waals surface area contributed by atoms with Crippen molar-refractivity contribution >= 4 is 23.6 Å². The van der Waals surface area contributed by atoms with E-state index in [1.54, 1.807) is 16.7 Å². The van der Waals surface area contributed by atoms with Gasteiger partial charge >= 0.3 is 0 Å². The van der Waals surface area contributed by atoms with E-state index in [1.807, 2.05) is 6.92 Å². The topological polar surface area (TPSA) is 61.4 Å². The van der Waals surface area contributed by atoms with Crippen LogP contribution in [0.4, 0.5) is 0 Å². The molecule has 3 atom stereocenters. The zero-order valence-electron chi connectivity index (χ0n) is 11.6. The Balaban J connectivity index is 1.93. The van der Waals surface area contributed by atoms with Gasteiger partial charge in [0, 0.05) is 18.2 Å². The highest BCUT2D eigenvalue weighted by atomic mass is 32.2. The molecule has 3 unspecified atom stereocenters. The van der Waals surface area contributed by atoms with Crippen molar-refractivity contribution in [2.75, 3.05) is 24.7 Å². The second kappa shape index (κ2) is 6.61. The Hall–Kier alpha value is -0.750. The first-order chi connectivity index (χ1) is 9.13. The highest BCUT2D eigenvalue weighted by molar-refractivity contribution is 7.99. The van der Waals surface area contributed by atoms with Crippen molar-refractivity contribution in [1.29, 1.82) is 0 Å². The highest BCUT2D eigenvalue weighted by Crippen LogP contribution is 2.22. The maximum absolute atomic E-state index is 12.4. The van der Waals surface area contributed by atoms with Gasteiger partial charge in [0.1, 0.15) is 6.04 Å². The Kier molecular flexibility index (Phi) is 5.10. The molecule has 6 heteroatoms. The zero-order valence-corrected chi connectivity index (χ0v) is 12.5. The van der Waals surface area contributed by atoms with E-state index >= 15 is 0 Å². The molecular formula is C13H23N3O2S. The van der Waals surface area contributed by atoms with E-state index in [2.05, 4.69) is 17.6 Å². The summed E-state index contributed by atoms with van der Waals surface area (Å²) in [5.74, 6) is 1.90. The molecule has 2 saturated heterocycles. The lowest BCUT2D eigenvalue weighted by atomic mass is 9.95. The summed E-state index contributed by atoms with van der Waals surface area (Å²) < 4.78 is 0. The van der Waals surface area contributed by atoms with Crippen LogP contribution in [0.2, 0.25) is 0 Å². The maximum Gasteiger partial charge on any atom is 0.243 e. The van der Waals surface area contributed by atoms with Crippen LogP contribution in [-0.2, 0) is 9.59 Å². The molecule has 0 aromatic carbocycles. The van der Waals surface area contributed by atoms with Crippen molar-refractivity contribution in [2.24, 2.45) is 5.92 Å². The van der Waals surface area contributed by atoms with Gasteiger partial charge in [-0.3, -0.25) is 9.59 Å². The van der Waals surface area contributed by atoms with E-state index < -0.39 is 0 Å². The number of amides is 2. The summed E-state index contributed by atoms with van der Waals surface area (Å²) in [5.41, 5.74) is 0. The summed E-state index contributed by atoms with van der Waals surface area (Å²) in [5, 5.41) is 6.46. The molecule has 19 heavy (non-hydrogen) atoms. The molecule has 2 rings (SSSR count). The Morgan fingerprint density at radius 2 is 2.26 bits per heavy atom. The molecule has 5 nitrogen and oxygen atoms in total. The lowest BCUT2D eigenvalue weighted by Gasteiger charge is -2.32. The van der Waals surface area contributed by atoms with E-state index in [0.29, 0.717) is 18.2 Å². The third-order valence-electron chi connectivity index (χ3n) is 3.92. The molecule has 0 aromatic rings. The lowest BCUT2D eigenvalue weighted by molar-refractivity contribution is -0.138. The largest absolute Gasteiger partial charge is 0.351 e. The second-order valence-corrected chi connectivity index (χ2v) is 6.32. The van der Waals surface area contributed by atoms with Crippen molar-refractivity contribution in [3.05, 3.63) is 0 Å². The predicted molar refractivity (Wildman–Crippen MR) is 76.8 cm³/mol. The standard InChI is InChI=1S/C13H23N3O2S/c1-3-12(17)16-8-19-7-11(16)13(18)15-10-4-5-14-6-9(10)2/h9-11,14H,3-8H2,1-2H3,(H,15,18). The van der Waals surface area contributed by atoms with Crippen LogP contribution in [0.15, 0.2) is 0 Å². The van der Waals surface area contributed by atoms with Crippen molar-refractivity contribution in [3.63, 3.8) is 0 Å². The quantitative estimate of drug-likeness (QED) is 0.788. The first kappa shape index (κ1) is 14.7.